The van der Waals surface area contributed by atoms with Gasteiger partial charge in [-0.05, 0) is 50.6 Å². The van der Waals surface area contributed by atoms with Gasteiger partial charge in [0.25, 0.3) is 5.56 Å². The molecule has 0 bridgehead atoms. The quantitative estimate of drug-likeness (QED) is 0.376. The lowest BCUT2D eigenvalue weighted by atomic mass is 9.96. The largest absolute Gasteiger partial charge is 0.480 e. The molecular weight excluding hydrogens is 484 g/mol. The number of aromatic nitrogens is 1. The van der Waals surface area contributed by atoms with Crippen LogP contribution in [0.1, 0.15) is 37.9 Å². The Hall–Kier alpha value is -3.60. The van der Waals surface area contributed by atoms with Gasteiger partial charge >= 0.3 is 5.97 Å². The van der Waals surface area contributed by atoms with Gasteiger partial charge in [-0.3, -0.25) is 9.36 Å². The first-order valence-electron chi connectivity index (χ1n) is 10.9. The van der Waals surface area contributed by atoms with Crippen LogP contribution in [0.25, 0.3) is 6.08 Å². The van der Waals surface area contributed by atoms with Crippen LogP contribution in [0, 0.1) is 12.3 Å². The maximum absolute atomic E-state index is 13.7. The van der Waals surface area contributed by atoms with Gasteiger partial charge < -0.3 is 9.47 Å². The summed E-state index contributed by atoms with van der Waals surface area (Å²) in [6.07, 6.45) is 6.76. The number of allylic oxidation sites excluding steroid dienone is 1. The van der Waals surface area contributed by atoms with Crippen molar-refractivity contribution in [3.8, 4) is 18.1 Å². The lowest BCUT2D eigenvalue weighted by Crippen LogP contribution is -2.40. The van der Waals surface area contributed by atoms with E-state index in [0.717, 1.165) is 5.56 Å². The Morgan fingerprint density at radius 3 is 2.66 bits per heavy atom. The molecule has 1 aromatic heterocycles. The Balaban J connectivity index is 1.92. The van der Waals surface area contributed by atoms with E-state index in [1.54, 1.807) is 57.2 Å². The fourth-order valence-corrected chi connectivity index (χ4v) is 4.98. The number of esters is 1. The molecule has 1 atom stereocenters. The van der Waals surface area contributed by atoms with Gasteiger partial charge in [-0.1, -0.05) is 59.2 Å². The molecule has 0 radical (unpaired) electrons. The molecule has 2 aromatic carbocycles. The van der Waals surface area contributed by atoms with Gasteiger partial charge in [0.2, 0.25) is 0 Å². The van der Waals surface area contributed by atoms with Crippen molar-refractivity contribution in [2.24, 2.45) is 4.99 Å². The van der Waals surface area contributed by atoms with Crippen molar-refractivity contribution in [3.63, 3.8) is 0 Å². The number of para-hydroxylation sites is 1. The lowest BCUT2D eigenvalue weighted by Gasteiger charge is -2.25. The first kappa shape index (κ1) is 24.5. The predicted molar refractivity (Wildman–Crippen MR) is 137 cm³/mol. The fraction of sp³-hybridized carbons (Fsp3) is 0.222. The number of thiazole rings is 1. The Morgan fingerprint density at radius 1 is 1.26 bits per heavy atom. The van der Waals surface area contributed by atoms with Gasteiger partial charge in [0.1, 0.15) is 12.4 Å². The molecule has 4 rings (SSSR count). The highest BCUT2D eigenvalue weighted by Gasteiger charge is 2.33. The number of terminal acetylenes is 1. The zero-order valence-corrected chi connectivity index (χ0v) is 21.0. The lowest BCUT2D eigenvalue weighted by molar-refractivity contribution is -0.143. The second-order valence-electron chi connectivity index (χ2n) is 8.12. The summed E-state index contributed by atoms with van der Waals surface area (Å²) in [5, 5.41) is 0.553. The number of halogens is 1. The van der Waals surface area contributed by atoms with Gasteiger partial charge in [-0.15, -0.1) is 6.42 Å². The van der Waals surface area contributed by atoms with Gasteiger partial charge in [-0.25, -0.2) is 9.79 Å². The summed E-state index contributed by atoms with van der Waals surface area (Å²) in [5.74, 6) is 2.51. The summed E-state index contributed by atoms with van der Waals surface area (Å²) in [4.78, 5) is 31.9. The number of rotatable bonds is 6. The molecule has 8 heteroatoms. The van der Waals surface area contributed by atoms with Gasteiger partial charge in [0.05, 0.1) is 27.9 Å². The first-order chi connectivity index (χ1) is 16.8. The van der Waals surface area contributed by atoms with Crippen LogP contribution in [0.2, 0.25) is 5.02 Å². The van der Waals surface area contributed by atoms with E-state index in [0.29, 0.717) is 36.9 Å². The second kappa shape index (κ2) is 10.3. The molecule has 6 nitrogen and oxygen atoms in total. The normalized spacial score (nSPS) is 15.4. The molecule has 0 unspecified atom stereocenters. The van der Waals surface area contributed by atoms with E-state index in [1.807, 2.05) is 18.2 Å². The van der Waals surface area contributed by atoms with Gasteiger partial charge in [0.15, 0.2) is 4.80 Å². The average molecular weight is 507 g/mol. The number of carbonyl (C=O) groups is 1. The van der Waals surface area contributed by atoms with Crippen molar-refractivity contribution < 1.29 is 14.3 Å². The molecule has 0 fully saturated rings. The molecule has 0 aliphatic carbocycles. The Kier molecular flexibility index (Phi) is 7.25. The Morgan fingerprint density at radius 2 is 1.97 bits per heavy atom. The summed E-state index contributed by atoms with van der Waals surface area (Å²) in [5.41, 5.74) is 1.98. The zero-order valence-electron chi connectivity index (χ0n) is 19.4. The van der Waals surface area contributed by atoms with Crippen molar-refractivity contribution in [1.29, 1.82) is 0 Å². The van der Waals surface area contributed by atoms with Crippen LogP contribution in [0.4, 0.5) is 0 Å². The van der Waals surface area contributed by atoms with E-state index in [9.17, 15) is 9.59 Å². The number of ether oxygens (including phenoxy) is 2. The third-order valence-corrected chi connectivity index (χ3v) is 6.52. The molecule has 1 aliphatic rings. The molecule has 1 aliphatic heterocycles. The summed E-state index contributed by atoms with van der Waals surface area (Å²) in [6, 6.07) is 13.7. The van der Waals surface area contributed by atoms with E-state index >= 15 is 0 Å². The molecule has 178 valence electrons. The highest BCUT2D eigenvalue weighted by atomic mass is 35.5. The summed E-state index contributed by atoms with van der Waals surface area (Å²) in [6.45, 7) is 5.42. The molecule has 0 N–H and O–H groups in total. The van der Waals surface area contributed by atoms with Crippen LogP contribution in [-0.2, 0) is 9.53 Å². The van der Waals surface area contributed by atoms with Crippen LogP contribution in [0.5, 0.6) is 5.75 Å². The van der Waals surface area contributed by atoms with Crippen molar-refractivity contribution in [2.45, 2.75) is 32.9 Å². The minimum absolute atomic E-state index is 0.114. The summed E-state index contributed by atoms with van der Waals surface area (Å²) < 4.78 is 13.1. The number of hydrogen-bond acceptors (Lipinski definition) is 6. The third kappa shape index (κ3) is 5.09. The van der Waals surface area contributed by atoms with Gasteiger partial charge in [-0.2, -0.15) is 0 Å². The molecule has 2 heterocycles. The first-order valence-corrected chi connectivity index (χ1v) is 12.1. The highest BCUT2D eigenvalue weighted by molar-refractivity contribution is 7.07. The van der Waals surface area contributed by atoms with Crippen molar-refractivity contribution in [1.82, 2.24) is 4.57 Å². The maximum Gasteiger partial charge on any atom is 0.338 e. The van der Waals surface area contributed by atoms with E-state index in [-0.39, 0.29) is 18.3 Å². The van der Waals surface area contributed by atoms with E-state index in [2.05, 4.69) is 10.9 Å². The monoisotopic (exact) mass is 506 g/mol. The molecule has 0 saturated carbocycles. The third-order valence-electron chi connectivity index (χ3n) is 5.29. The highest BCUT2D eigenvalue weighted by Crippen LogP contribution is 2.31. The Labute approximate surface area is 211 Å². The van der Waals surface area contributed by atoms with Crippen LogP contribution in [0.15, 0.2) is 69.6 Å². The minimum atomic E-state index is -0.704. The van der Waals surface area contributed by atoms with Crippen LogP contribution >= 0.6 is 22.9 Å². The van der Waals surface area contributed by atoms with Gasteiger partial charge in [0, 0.05) is 10.6 Å². The fourth-order valence-electron chi connectivity index (χ4n) is 3.81. The summed E-state index contributed by atoms with van der Waals surface area (Å²) in [7, 11) is 0. The molecule has 0 spiro atoms. The average Bonchev–Trinajstić information content (AvgIpc) is 3.12. The standard InChI is InChI=1S/C27H23ClN2O4S/c1-5-14-33-21-9-7-6-8-19(21)15-22-25(31)30-24(18-10-12-20(28)13-11-18)23(26(32)34-16(2)3)17(4)29-27(30)35-22/h1,6-13,15-16,24H,14H2,2-4H3/b22-15-/t24-/m1/s1. The molecule has 0 amide bonds. The minimum Gasteiger partial charge on any atom is -0.480 e. The van der Waals surface area contributed by atoms with E-state index < -0.39 is 12.0 Å². The smallest absolute Gasteiger partial charge is 0.338 e. The van der Waals surface area contributed by atoms with Crippen molar-refractivity contribution in [3.05, 3.63) is 95.6 Å². The number of hydrogen-bond donors (Lipinski definition) is 0. The SMILES string of the molecule is C#CCOc1ccccc1/C=c1\sc2n(c1=O)[C@H](c1ccc(Cl)cc1)C(C(=O)OC(C)C)=C(C)N=2. The molecular formula is C27H23ClN2O4S. The number of carbonyl (C=O) groups excluding carboxylic acids is 1. The second-order valence-corrected chi connectivity index (χ2v) is 9.56. The number of nitrogens with zero attached hydrogens (tertiary/aromatic N) is 2. The van der Waals surface area contributed by atoms with E-state index in [4.69, 9.17) is 27.5 Å². The van der Waals surface area contributed by atoms with Crippen LogP contribution < -0.4 is 19.6 Å². The topological polar surface area (TPSA) is 69.9 Å². The van der Waals surface area contributed by atoms with Crippen molar-refractivity contribution in [2.75, 3.05) is 6.61 Å². The zero-order chi connectivity index (χ0) is 25.1. The van der Waals surface area contributed by atoms with Crippen LogP contribution in [0.3, 0.4) is 0 Å². The number of fused-ring (bicyclic) bond motifs is 1. The van der Waals surface area contributed by atoms with Crippen molar-refractivity contribution >= 4 is 35.0 Å². The van der Waals surface area contributed by atoms with Crippen LogP contribution in [-0.4, -0.2) is 23.2 Å². The Bertz CT molecular complexity index is 1520. The maximum atomic E-state index is 13.7. The molecule has 35 heavy (non-hydrogen) atoms. The molecule has 3 aromatic rings. The van der Waals surface area contributed by atoms with E-state index in [1.165, 1.54) is 15.9 Å². The number of benzene rings is 2. The predicted octanol–water partition coefficient (Wildman–Crippen LogP) is 3.85. The summed E-state index contributed by atoms with van der Waals surface area (Å²) >= 11 is 7.35. The molecule has 0 saturated heterocycles.